The molecule has 0 unspecified atom stereocenters. The Morgan fingerprint density at radius 3 is 2.67 bits per heavy atom. The Hall–Kier alpha value is -3.08. The summed E-state index contributed by atoms with van der Waals surface area (Å²) in [6.07, 6.45) is 1.73. The van der Waals surface area contributed by atoms with Crippen molar-refractivity contribution in [3.63, 3.8) is 0 Å². The molecule has 0 radical (unpaired) electrons. The molecule has 1 aliphatic rings. The van der Waals surface area contributed by atoms with Crippen LogP contribution in [-0.2, 0) is 11.2 Å². The largest absolute Gasteiger partial charge is 0.480 e. The van der Waals surface area contributed by atoms with E-state index in [1.165, 1.54) is 0 Å². The lowest BCUT2D eigenvalue weighted by molar-refractivity contribution is -0.122. The molecule has 2 heterocycles. The van der Waals surface area contributed by atoms with Gasteiger partial charge in [0, 0.05) is 24.6 Å². The highest BCUT2D eigenvalue weighted by Gasteiger charge is 2.28. The van der Waals surface area contributed by atoms with Crippen LogP contribution in [0.4, 0.5) is 5.69 Å². The summed E-state index contributed by atoms with van der Waals surface area (Å²) in [6.45, 7) is 1.80. The van der Waals surface area contributed by atoms with Gasteiger partial charge in [-0.1, -0.05) is 30.3 Å². The van der Waals surface area contributed by atoms with E-state index < -0.39 is 6.10 Å². The Bertz CT molecular complexity index is 859. The molecule has 0 saturated carbocycles. The molecule has 5 heteroatoms. The van der Waals surface area contributed by atoms with Gasteiger partial charge in [-0.3, -0.25) is 4.79 Å². The first-order valence-electron chi connectivity index (χ1n) is 7.77. The van der Waals surface area contributed by atoms with Gasteiger partial charge in [-0.2, -0.15) is 0 Å². The van der Waals surface area contributed by atoms with Crippen LogP contribution in [0.3, 0.4) is 0 Å². The van der Waals surface area contributed by atoms with E-state index in [0.29, 0.717) is 12.3 Å². The Balaban J connectivity index is 1.43. The summed E-state index contributed by atoms with van der Waals surface area (Å²) >= 11 is 0. The van der Waals surface area contributed by atoms with Crippen molar-refractivity contribution in [2.75, 3.05) is 5.32 Å². The number of anilines is 1. The van der Waals surface area contributed by atoms with Gasteiger partial charge in [0.05, 0.1) is 0 Å². The maximum Gasteiger partial charge on any atom is 0.265 e. The molecule has 120 valence electrons. The summed E-state index contributed by atoms with van der Waals surface area (Å²) in [5.74, 6) is 1.27. The van der Waals surface area contributed by atoms with Gasteiger partial charge in [-0.15, -0.1) is 0 Å². The second kappa shape index (κ2) is 5.85. The highest BCUT2D eigenvalue weighted by Crippen LogP contribution is 2.29. The number of oxazole rings is 1. The molecule has 0 spiro atoms. The number of nitrogens with zero attached hydrogens (tertiary/aromatic N) is 1. The number of benzene rings is 2. The Labute approximate surface area is 139 Å². The fourth-order valence-corrected chi connectivity index (χ4v) is 2.77. The quantitative estimate of drug-likeness (QED) is 0.801. The number of carbonyl (C=O) groups is 1. The number of ether oxygens (including phenoxy) is 1. The van der Waals surface area contributed by atoms with Crippen LogP contribution in [0, 0.1) is 6.92 Å². The number of fused-ring (bicyclic) bond motifs is 1. The average Bonchev–Trinajstić information content (AvgIpc) is 3.21. The van der Waals surface area contributed by atoms with E-state index in [0.717, 1.165) is 28.3 Å². The number of aromatic nitrogens is 1. The number of amides is 1. The molecule has 2 aromatic carbocycles. The molecule has 1 amide bonds. The van der Waals surface area contributed by atoms with Crippen LogP contribution < -0.4 is 10.1 Å². The highest BCUT2D eigenvalue weighted by molar-refractivity contribution is 5.95. The molecule has 4 rings (SSSR count). The molecule has 1 atom stereocenters. The van der Waals surface area contributed by atoms with Gasteiger partial charge in [0.25, 0.3) is 5.91 Å². The molecule has 24 heavy (non-hydrogen) atoms. The van der Waals surface area contributed by atoms with E-state index in [1.54, 1.807) is 13.2 Å². The smallest absolute Gasteiger partial charge is 0.265 e. The van der Waals surface area contributed by atoms with Crippen LogP contribution in [0.25, 0.3) is 11.3 Å². The summed E-state index contributed by atoms with van der Waals surface area (Å²) < 4.78 is 10.9. The van der Waals surface area contributed by atoms with Crippen molar-refractivity contribution in [3.05, 3.63) is 66.2 Å². The maximum atomic E-state index is 12.4. The van der Waals surface area contributed by atoms with Crippen molar-refractivity contribution < 1.29 is 13.9 Å². The van der Waals surface area contributed by atoms with Crippen LogP contribution in [0.2, 0.25) is 0 Å². The second-order valence-corrected chi connectivity index (χ2v) is 5.74. The lowest BCUT2D eigenvalue weighted by atomic mass is 10.1. The zero-order valence-corrected chi connectivity index (χ0v) is 13.2. The molecule has 0 bridgehead atoms. The van der Waals surface area contributed by atoms with Crippen LogP contribution in [0.15, 0.2) is 59.2 Å². The van der Waals surface area contributed by atoms with Crippen molar-refractivity contribution in [1.82, 2.24) is 4.98 Å². The van der Waals surface area contributed by atoms with Crippen molar-refractivity contribution >= 4 is 11.6 Å². The monoisotopic (exact) mass is 320 g/mol. The predicted octanol–water partition coefficient (Wildman–Crippen LogP) is 3.59. The Kier molecular flexibility index (Phi) is 3.54. The van der Waals surface area contributed by atoms with E-state index >= 15 is 0 Å². The number of aryl methyl sites for hydroxylation is 1. The van der Waals surface area contributed by atoms with E-state index in [4.69, 9.17) is 9.15 Å². The molecule has 0 fully saturated rings. The van der Waals surface area contributed by atoms with Gasteiger partial charge < -0.3 is 14.5 Å². The summed E-state index contributed by atoms with van der Waals surface area (Å²) in [5.41, 5.74) is 3.51. The number of nitrogens with one attached hydrogen (secondary N) is 1. The minimum Gasteiger partial charge on any atom is -0.480 e. The van der Waals surface area contributed by atoms with Crippen LogP contribution >= 0.6 is 0 Å². The number of hydrogen-bond donors (Lipinski definition) is 1. The minimum atomic E-state index is -0.486. The summed E-state index contributed by atoms with van der Waals surface area (Å²) in [7, 11) is 0. The molecule has 1 aliphatic heterocycles. The number of carbonyl (C=O) groups excluding carboxylic acids is 1. The van der Waals surface area contributed by atoms with E-state index in [1.807, 2.05) is 48.5 Å². The van der Waals surface area contributed by atoms with E-state index in [9.17, 15) is 4.79 Å². The fourth-order valence-electron chi connectivity index (χ4n) is 2.77. The lowest BCUT2D eigenvalue weighted by Gasteiger charge is -2.11. The van der Waals surface area contributed by atoms with Gasteiger partial charge in [0.1, 0.15) is 17.7 Å². The summed E-state index contributed by atoms with van der Waals surface area (Å²) in [6, 6.07) is 15.2. The maximum absolute atomic E-state index is 12.4. The zero-order valence-electron chi connectivity index (χ0n) is 13.2. The molecule has 1 aromatic heterocycles. The minimum absolute atomic E-state index is 0.142. The molecule has 3 aromatic rings. The number of para-hydroxylation sites is 1. The van der Waals surface area contributed by atoms with Crippen molar-refractivity contribution in [3.8, 4) is 17.0 Å². The normalized spacial score (nSPS) is 15.6. The van der Waals surface area contributed by atoms with Gasteiger partial charge in [0.15, 0.2) is 12.0 Å². The predicted molar refractivity (Wildman–Crippen MR) is 89.9 cm³/mol. The molecule has 0 saturated heterocycles. The van der Waals surface area contributed by atoms with E-state index in [2.05, 4.69) is 10.3 Å². The fraction of sp³-hybridized carbons (Fsp3) is 0.158. The number of hydrogen-bond acceptors (Lipinski definition) is 4. The third kappa shape index (κ3) is 2.76. The van der Waals surface area contributed by atoms with Gasteiger partial charge >= 0.3 is 0 Å². The van der Waals surface area contributed by atoms with Crippen molar-refractivity contribution in [2.24, 2.45) is 0 Å². The first kappa shape index (κ1) is 14.5. The third-order valence-corrected chi connectivity index (χ3v) is 4.01. The standard InChI is InChI=1S/C19H16N2O3/c1-12-20-16(11-23-12)13-6-8-15(9-7-13)21-19(22)18-10-14-4-2-3-5-17(14)24-18/h2-9,11,18H,10H2,1H3,(H,21,22)/t18-/m0/s1. The summed E-state index contributed by atoms with van der Waals surface area (Å²) in [4.78, 5) is 16.7. The average molecular weight is 320 g/mol. The van der Waals surface area contributed by atoms with Crippen LogP contribution in [0.1, 0.15) is 11.5 Å². The zero-order chi connectivity index (χ0) is 16.5. The van der Waals surface area contributed by atoms with Crippen LogP contribution in [0.5, 0.6) is 5.75 Å². The molecule has 5 nitrogen and oxygen atoms in total. The first-order valence-corrected chi connectivity index (χ1v) is 7.77. The molecular weight excluding hydrogens is 304 g/mol. The van der Waals surface area contributed by atoms with Crippen molar-refractivity contribution in [2.45, 2.75) is 19.4 Å². The Morgan fingerprint density at radius 1 is 1.17 bits per heavy atom. The Morgan fingerprint density at radius 2 is 1.96 bits per heavy atom. The second-order valence-electron chi connectivity index (χ2n) is 5.74. The van der Waals surface area contributed by atoms with Gasteiger partial charge in [-0.05, 0) is 23.8 Å². The molecule has 1 N–H and O–H groups in total. The molecule has 0 aliphatic carbocycles. The van der Waals surface area contributed by atoms with Gasteiger partial charge in [-0.25, -0.2) is 4.98 Å². The first-order chi connectivity index (χ1) is 11.7. The van der Waals surface area contributed by atoms with Gasteiger partial charge in [0.2, 0.25) is 0 Å². The van der Waals surface area contributed by atoms with Crippen LogP contribution in [-0.4, -0.2) is 17.0 Å². The third-order valence-electron chi connectivity index (χ3n) is 4.01. The summed E-state index contributed by atoms with van der Waals surface area (Å²) in [5, 5.41) is 2.89. The van der Waals surface area contributed by atoms with Crippen molar-refractivity contribution in [1.29, 1.82) is 0 Å². The highest BCUT2D eigenvalue weighted by atomic mass is 16.5. The number of rotatable bonds is 3. The SMILES string of the molecule is Cc1nc(-c2ccc(NC(=O)[C@@H]3Cc4ccccc4O3)cc2)co1. The molecular formula is C19H16N2O3. The van der Waals surface area contributed by atoms with E-state index in [-0.39, 0.29) is 5.91 Å². The lowest BCUT2D eigenvalue weighted by Crippen LogP contribution is -2.31. The topological polar surface area (TPSA) is 64.4 Å².